The first kappa shape index (κ1) is 32.7. The van der Waals surface area contributed by atoms with Gasteiger partial charge in [0, 0.05) is 16.1 Å². The molecular formula is C37H32BrClN2O5S. The molecule has 0 saturated heterocycles. The highest BCUT2D eigenvalue weighted by Crippen LogP contribution is 2.37. The third kappa shape index (κ3) is 6.66. The largest absolute Gasteiger partial charge is 0.491 e. The second-order valence-corrected chi connectivity index (χ2v) is 13.5. The summed E-state index contributed by atoms with van der Waals surface area (Å²) < 4.78 is 20.6. The highest BCUT2D eigenvalue weighted by atomic mass is 79.9. The standard InChI is InChI=1S/C37H32BrClN2O5S/c1-5-44-36(43)32-22(4)40-37-41(33(32)28-15-8-9-16-30(28)46-21(2)3)35(42)31(47-37)18-25-17-26(39)19-29(38)34(25)45-20-24-13-10-12-23-11-6-7-14-27(23)24/h6-19,21,33H,5,20H2,1-4H3/b31-18-/t33-/m1/s1. The molecule has 1 aromatic heterocycles. The maximum Gasteiger partial charge on any atom is 0.338 e. The number of esters is 1. The van der Waals surface area contributed by atoms with E-state index >= 15 is 0 Å². The number of carbonyl (C=O) groups is 1. The summed E-state index contributed by atoms with van der Waals surface area (Å²) in [5.74, 6) is 0.584. The lowest BCUT2D eigenvalue weighted by molar-refractivity contribution is -0.139. The van der Waals surface area contributed by atoms with Gasteiger partial charge in [-0.25, -0.2) is 9.79 Å². The third-order valence-electron chi connectivity index (χ3n) is 7.67. The zero-order valence-corrected chi connectivity index (χ0v) is 29.4. The Kier molecular flexibility index (Phi) is 9.68. The Morgan fingerprint density at radius 1 is 1.09 bits per heavy atom. The monoisotopic (exact) mass is 730 g/mol. The Hall–Kier alpha value is -4.18. The lowest BCUT2D eigenvalue weighted by Gasteiger charge is -2.26. The number of nitrogens with zero attached hydrogens (tertiary/aromatic N) is 2. The normalized spacial score (nSPS) is 14.7. The van der Waals surface area contributed by atoms with Crippen LogP contribution in [0, 0.1) is 0 Å². The predicted octanol–water partition coefficient (Wildman–Crippen LogP) is 7.73. The Morgan fingerprint density at radius 3 is 2.62 bits per heavy atom. The van der Waals surface area contributed by atoms with Crippen molar-refractivity contribution >= 4 is 61.7 Å². The van der Waals surface area contributed by atoms with E-state index in [0.717, 1.165) is 16.3 Å². The molecule has 0 saturated carbocycles. The molecule has 0 aliphatic carbocycles. The van der Waals surface area contributed by atoms with E-state index < -0.39 is 12.0 Å². The topological polar surface area (TPSA) is 79.1 Å². The molecule has 6 rings (SSSR count). The number of allylic oxidation sites excluding steroid dienone is 1. The molecule has 5 aromatic rings. The van der Waals surface area contributed by atoms with Crippen molar-refractivity contribution in [1.29, 1.82) is 0 Å². The second-order valence-electron chi connectivity index (χ2n) is 11.2. The molecule has 1 aliphatic heterocycles. The summed E-state index contributed by atoms with van der Waals surface area (Å²) in [5, 5.41) is 2.70. The highest BCUT2D eigenvalue weighted by molar-refractivity contribution is 9.10. The molecule has 4 aromatic carbocycles. The summed E-state index contributed by atoms with van der Waals surface area (Å²) in [5.41, 5.74) is 2.76. The maximum absolute atomic E-state index is 14.4. The number of thiazole rings is 1. The minimum atomic E-state index is -0.810. The average molecular weight is 732 g/mol. The van der Waals surface area contributed by atoms with Gasteiger partial charge in [-0.05, 0) is 84.2 Å². The van der Waals surface area contributed by atoms with Crippen molar-refractivity contribution in [2.75, 3.05) is 6.61 Å². The molecular weight excluding hydrogens is 700 g/mol. The number of carbonyl (C=O) groups excluding carboxylic acids is 1. The van der Waals surface area contributed by atoms with E-state index in [9.17, 15) is 9.59 Å². The molecule has 0 spiro atoms. The van der Waals surface area contributed by atoms with Gasteiger partial charge in [-0.3, -0.25) is 9.36 Å². The average Bonchev–Trinajstić information content (AvgIpc) is 3.33. The van der Waals surface area contributed by atoms with Crippen molar-refractivity contribution in [3.8, 4) is 11.5 Å². The molecule has 10 heteroatoms. The van der Waals surface area contributed by atoms with Gasteiger partial charge in [-0.15, -0.1) is 0 Å². The predicted molar refractivity (Wildman–Crippen MR) is 190 cm³/mol. The number of hydrogen-bond donors (Lipinski definition) is 0. The number of hydrogen-bond acceptors (Lipinski definition) is 7. The fourth-order valence-electron chi connectivity index (χ4n) is 5.70. The van der Waals surface area contributed by atoms with Crippen molar-refractivity contribution in [2.24, 2.45) is 4.99 Å². The van der Waals surface area contributed by atoms with Crippen LogP contribution in [0.5, 0.6) is 11.5 Å². The smallest absolute Gasteiger partial charge is 0.338 e. The number of halogens is 2. The van der Waals surface area contributed by atoms with Gasteiger partial charge in [0.2, 0.25) is 0 Å². The second kappa shape index (κ2) is 13.9. The first-order valence-electron chi connectivity index (χ1n) is 15.2. The van der Waals surface area contributed by atoms with Crippen LogP contribution in [0.15, 0.2) is 104 Å². The van der Waals surface area contributed by atoms with Crippen molar-refractivity contribution in [3.63, 3.8) is 0 Å². The van der Waals surface area contributed by atoms with E-state index in [1.165, 1.54) is 11.3 Å². The number of para-hydroxylation sites is 1. The van der Waals surface area contributed by atoms with Crippen LogP contribution in [0.4, 0.5) is 0 Å². The van der Waals surface area contributed by atoms with Gasteiger partial charge in [-0.2, -0.15) is 0 Å². The maximum atomic E-state index is 14.4. The molecule has 0 N–H and O–H groups in total. The summed E-state index contributed by atoms with van der Waals surface area (Å²) in [7, 11) is 0. The van der Waals surface area contributed by atoms with E-state index in [2.05, 4.69) is 34.1 Å². The highest BCUT2D eigenvalue weighted by Gasteiger charge is 2.35. The molecule has 7 nitrogen and oxygen atoms in total. The van der Waals surface area contributed by atoms with Gasteiger partial charge < -0.3 is 14.2 Å². The first-order valence-corrected chi connectivity index (χ1v) is 17.2. The lowest BCUT2D eigenvalue weighted by Crippen LogP contribution is -2.40. The third-order valence-corrected chi connectivity index (χ3v) is 9.46. The Labute approximate surface area is 289 Å². The van der Waals surface area contributed by atoms with Crippen LogP contribution in [-0.4, -0.2) is 23.2 Å². The summed E-state index contributed by atoms with van der Waals surface area (Å²) in [6.45, 7) is 7.85. The number of aromatic nitrogens is 1. The van der Waals surface area contributed by atoms with E-state index in [0.29, 0.717) is 53.8 Å². The Bertz CT molecular complexity index is 2220. The SMILES string of the molecule is CCOC(=O)C1=C(C)N=c2s/c(=C\c3cc(Cl)cc(Br)c3OCc3cccc4ccccc34)c(=O)n2[C@@H]1c1ccccc1OC(C)C. The van der Waals surface area contributed by atoms with Crippen molar-refractivity contribution in [3.05, 3.63) is 136 Å². The molecule has 0 unspecified atom stereocenters. The molecule has 1 aliphatic rings. The minimum Gasteiger partial charge on any atom is -0.491 e. The van der Waals surface area contributed by atoms with Crippen molar-refractivity contribution < 1.29 is 19.0 Å². The molecule has 0 amide bonds. The van der Waals surface area contributed by atoms with Gasteiger partial charge in [0.25, 0.3) is 5.56 Å². The molecule has 240 valence electrons. The van der Waals surface area contributed by atoms with Gasteiger partial charge >= 0.3 is 5.97 Å². The number of benzene rings is 4. The van der Waals surface area contributed by atoms with Crippen LogP contribution >= 0.6 is 38.9 Å². The molecule has 0 bridgehead atoms. The zero-order chi connectivity index (χ0) is 33.2. The Morgan fingerprint density at radius 2 is 1.83 bits per heavy atom. The van der Waals surface area contributed by atoms with E-state index in [1.807, 2.05) is 62.4 Å². The van der Waals surface area contributed by atoms with Crippen LogP contribution in [0.2, 0.25) is 5.02 Å². The zero-order valence-electron chi connectivity index (χ0n) is 26.3. The van der Waals surface area contributed by atoms with Crippen LogP contribution < -0.4 is 24.4 Å². The van der Waals surface area contributed by atoms with E-state index in [1.54, 1.807) is 36.6 Å². The van der Waals surface area contributed by atoms with Crippen LogP contribution in [0.25, 0.3) is 16.8 Å². The van der Waals surface area contributed by atoms with E-state index in [4.69, 9.17) is 30.8 Å². The molecule has 1 atom stereocenters. The fourth-order valence-corrected chi connectivity index (χ4v) is 7.69. The van der Waals surface area contributed by atoms with Gasteiger partial charge in [0.1, 0.15) is 24.1 Å². The first-order chi connectivity index (χ1) is 22.7. The summed E-state index contributed by atoms with van der Waals surface area (Å²) in [4.78, 5) is 32.9. The quantitative estimate of drug-likeness (QED) is 0.145. The Balaban J connectivity index is 1.49. The summed E-state index contributed by atoms with van der Waals surface area (Å²) >= 11 is 11.4. The number of fused-ring (bicyclic) bond motifs is 2. The van der Waals surface area contributed by atoms with Crippen LogP contribution in [0.1, 0.15) is 50.4 Å². The fraction of sp³-hybridized carbons (Fsp3) is 0.216. The van der Waals surface area contributed by atoms with Gasteiger partial charge in [-0.1, -0.05) is 83.6 Å². The van der Waals surface area contributed by atoms with Crippen LogP contribution in [-0.2, 0) is 16.1 Å². The summed E-state index contributed by atoms with van der Waals surface area (Å²) in [6, 6.07) is 24.4. The van der Waals surface area contributed by atoms with E-state index in [-0.39, 0.29) is 23.8 Å². The van der Waals surface area contributed by atoms with Crippen molar-refractivity contribution in [2.45, 2.75) is 46.4 Å². The lowest BCUT2D eigenvalue weighted by atomic mass is 9.95. The summed E-state index contributed by atoms with van der Waals surface area (Å²) in [6.07, 6.45) is 1.63. The minimum absolute atomic E-state index is 0.128. The van der Waals surface area contributed by atoms with Gasteiger partial charge in [0.15, 0.2) is 4.80 Å². The number of ether oxygens (including phenoxy) is 3. The molecule has 0 fully saturated rings. The molecule has 0 radical (unpaired) electrons. The number of rotatable bonds is 9. The van der Waals surface area contributed by atoms with Crippen molar-refractivity contribution in [1.82, 2.24) is 4.57 Å². The molecule has 2 heterocycles. The molecule has 47 heavy (non-hydrogen) atoms. The van der Waals surface area contributed by atoms with Gasteiger partial charge in [0.05, 0.1) is 33.0 Å². The van der Waals surface area contributed by atoms with Crippen LogP contribution in [0.3, 0.4) is 0 Å².